The highest BCUT2D eigenvalue weighted by atomic mass is 15.1. The normalized spacial score (nSPS) is 9.06. The molecule has 0 spiro atoms. The van der Waals surface area contributed by atoms with Crippen molar-refractivity contribution in [2.24, 2.45) is 0 Å². The summed E-state index contributed by atoms with van der Waals surface area (Å²) in [6.45, 7) is 1.85. The van der Waals surface area contributed by atoms with E-state index in [4.69, 9.17) is 0 Å². The minimum absolute atomic E-state index is 1.09. The van der Waals surface area contributed by atoms with Crippen molar-refractivity contribution in [3.05, 3.63) is 60.7 Å². The average Bonchev–Trinajstić information content (AvgIpc) is 2.38. The molecular weight excluding hydrogens is 194 g/mol. The van der Waals surface area contributed by atoms with Crippen molar-refractivity contribution in [1.82, 2.24) is 0 Å². The summed E-state index contributed by atoms with van der Waals surface area (Å²) >= 11 is 0. The fourth-order valence-electron chi connectivity index (χ4n) is 1.54. The third-order valence-corrected chi connectivity index (χ3v) is 2.25. The lowest BCUT2D eigenvalue weighted by molar-refractivity contribution is 1.33. The lowest BCUT2D eigenvalue weighted by atomic mass is 10.2. The Balaban J connectivity index is 2.42. The summed E-state index contributed by atoms with van der Waals surface area (Å²) in [6.07, 6.45) is 0. The predicted octanol–water partition coefficient (Wildman–Crippen LogP) is 3.81. The van der Waals surface area contributed by atoms with Gasteiger partial charge in [-0.15, -0.1) is 0 Å². The quantitative estimate of drug-likeness (QED) is 0.534. The van der Waals surface area contributed by atoms with E-state index >= 15 is 0 Å². The molecule has 0 fully saturated rings. The summed E-state index contributed by atoms with van der Waals surface area (Å²) in [4.78, 5) is 1.99. The van der Waals surface area contributed by atoms with Gasteiger partial charge in [-0.1, -0.05) is 42.3 Å². The molecule has 0 aliphatic heterocycles. The molecule has 0 saturated carbocycles. The van der Waals surface area contributed by atoms with Crippen molar-refractivity contribution < 1.29 is 0 Å². The third-order valence-electron chi connectivity index (χ3n) is 2.25. The zero-order valence-corrected chi connectivity index (χ0v) is 9.22. The Morgan fingerprint density at radius 3 is 1.56 bits per heavy atom. The molecule has 2 rings (SSSR count). The maximum Gasteiger partial charge on any atom is 0.0545 e. The van der Waals surface area contributed by atoms with Gasteiger partial charge in [0.15, 0.2) is 0 Å². The van der Waals surface area contributed by atoms with Crippen molar-refractivity contribution in [3.8, 4) is 12.0 Å². The average molecular weight is 207 g/mol. The fourth-order valence-corrected chi connectivity index (χ4v) is 1.54. The molecule has 1 nitrogen and oxygen atoms in total. The van der Waals surface area contributed by atoms with Gasteiger partial charge in [0.2, 0.25) is 0 Å². The molecule has 2 aromatic carbocycles. The molecule has 78 valence electrons. The smallest absolute Gasteiger partial charge is 0.0545 e. The molecule has 2 aromatic rings. The van der Waals surface area contributed by atoms with Gasteiger partial charge in [0.1, 0.15) is 0 Å². The molecule has 0 aliphatic carbocycles. The maximum absolute atomic E-state index is 3.10. The van der Waals surface area contributed by atoms with Gasteiger partial charge in [-0.25, -0.2) is 0 Å². The topological polar surface area (TPSA) is 3.24 Å². The Labute approximate surface area is 96.3 Å². The van der Waals surface area contributed by atoms with E-state index in [9.17, 15) is 0 Å². The van der Waals surface area contributed by atoms with E-state index in [1.165, 1.54) is 0 Å². The predicted molar refractivity (Wildman–Crippen MR) is 68.5 cm³/mol. The molecule has 0 atom stereocenters. The van der Waals surface area contributed by atoms with Gasteiger partial charge in [0, 0.05) is 6.04 Å². The highest BCUT2D eigenvalue weighted by Crippen LogP contribution is 2.23. The van der Waals surface area contributed by atoms with Gasteiger partial charge in [-0.3, -0.25) is 4.90 Å². The van der Waals surface area contributed by atoms with E-state index in [2.05, 4.69) is 36.2 Å². The van der Waals surface area contributed by atoms with Crippen LogP contribution in [0.15, 0.2) is 60.7 Å². The van der Waals surface area contributed by atoms with Gasteiger partial charge >= 0.3 is 0 Å². The zero-order chi connectivity index (χ0) is 11.2. The molecule has 0 aliphatic rings. The van der Waals surface area contributed by atoms with Crippen LogP contribution in [0.5, 0.6) is 0 Å². The number of anilines is 2. The molecule has 0 radical (unpaired) electrons. The van der Waals surface area contributed by atoms with Crippen LogP contribution in [0.1, 0.15) is 6.92 Å². The van der Waals surface area contributed by atoms with Crippen molar-refractivity contribution in [2.45, 2.75) is 6.92 Å². The molecule has 0 unspecified atom stereocenters. The van der Waals surface area contributed by atoms with Crippen molar-refractivity contribution >= 4 is 11.4 Å². The third kappa shape index (κ3) is 2.24. The van der Waals surface area contributed by atoms with Gasteiger partial charge < -0.3 is 0 Å². The molecule has 16 heavy (non-hydrogen) atoms. The highest BCUT2D eigenvalue weighted by Gasteiger charge is 2.04. The van der Waals surface area contributed by atoms with E-state index in [1.807, 2.05) is 48.2 Å². The zero-order valence-electron chi connectivity index (χ0n) is 9.22. The molecule has 0 heterocycles. The van der Waals surface area contributed by atoms with Crippen LogP contribution >= 0.6 is 0 Å². The number of hydrogen-bond acceptors (Lipinski definition) is 1. The first-order valence-electron chi connectivity index (χ1n) is 5.24. The Bertz CT molecular complexity index is 452. The van der Waals surface area contributed by atoms with Crippen LogP contribution < -0.4 is 4.90 Å². The van der Waals surface area contributed by atoms with Crippen LogP contribution in [0, 0.1) is 12.0 Å². The van der Waals surface area contributed by atoms with Crippen LogP contribution in [0.2, 0.25) is 0 Å². The Hall–Kier alpha value is -2.20. The lowest BCUT2D eigenvalue weighted by Gasteiger charge is -2.17. The Kier molecular flexibility index (Phi) is 3.25. The van der Waals surface area contributed by atoms with Crippen LogP contribution in [-0.4, -0.2) is 0 Å². The van der Waals surface area contributed by atoms with Crippen LogP contribution in [-0.2, 0) is 0 Å². The summed E-state index contributed by atoms with van der Waals surface area (Å²) in [7, 11) is 0. The number of para-hydroxylation sites is 2. The first-order chi connectivity index (χ1) is 7.92. The number of nitrogens with zero attached hydrogens (tertiary/aromatic N) is 1. The second-order valence-electron chi connectivity index (χ2n) is 3.37. The first-order valence-corrected chi connectivity index (χ1v) is 5.24. The second kappa shape index (κ2) is 5.04. The number of hydrogen-bond donors (Lipinski definition) is 0. The maximum atomic E-state index is 3.10. The molecule has 1 heteroatoms. The van der Waals surface area contributed by atoms with E-state index in [0.29, 0.717) is 0 Å². The first kappa shape index (κ1) is 10.3. The minimum Gasteiger partial charge on any atom is -0.270 e. The van der Waals surface area contributed by atoms with Crippen molar-refractivity contribution in [1.29, 1.82) is 0 Å². The molecule has 0 bridgehead atoms. The highest BCUT2D eigenvalue weighted by molar-refractivity contribution is 5.67. The van der Waals surface area contributed by atoms with Gasteiger partial charge in [-0.05, 0) is 31.2 Å². The molecule has 0 amide bonds. The molecule has 0 aromatic heterocycles. The van der Waals surface area contributed by atoms with Crippen LogP contribution in [0.4, 0.5) is 11.4 Å². The van der Waals surface area contributed by atoms with E-state index in [1.54, 1.807) is 0 Å². The summed E-state index contributed by atoms with van der Waals surface area (Å²) in [5.41, 5.74) is 2.17. The summed E-state index contributed by atoms with van der Waals surface area (Å²) in [6, 6.07) is 23.4. The molecular formula is C15H13N. The minimum atomic E-state index is 1.09. The monoisotopic (exact) mass is 207 g/mol. The van der Waals surface area contributed by atoms with E-state index in [-0.39, 0.29) is 0 Å². The molecule has 0 saturated heterocycles. The summed E-state index contributed by atoms with van der Waals surface area (Å²) in [5, 5.41) is 0. The van der Waals surface area contributed by atoms with Crippen LogP contribution in [0.25, 0.3) is 0 Å². The SMILES string of the molecule is CC#CN(c1ccccc1)c1ccccc1. The second-order valence-corrected chi connectivity index (χ2v) is 3.37. The number of rotatable bonds is 2. The lowest BCUT2D eigenvalue weighted by Crippen LogP contribution is -2.08. The fraction of sp³-hybridized carbons (Fsp3) is 0.0667. The van der Waals surface area contributed by atoms with Gasteiger partial charge in [0.25, 0.3) is 0 Å². The van der Waals surface area contributed by atoms with Gasteiger partial charge in [0.05, 0.1) is 11.4 Å². The van der Waals surface area contributed by atoms with Crippen LogP contribution in [0.3, 0.4) is 0 Å². The summed E-state index contributed by atoms with van der Waals surface area (Å²) < 4.78 is 0. The largest absolute Gasteiger partial charge is 0.270 e. The Morgan fingerprint density at radius 1 is 0.750 bits per heavy atom. The summed E-state index contributed by atoms with van der Waals surface area (Å²) in [5.74, 6) is 2.94. The Morgan fingerprint density at radius 2 is 1.19 bits per heavy atom. The number of benzene rings is 2. The standard InChI is InChI=1S/C15H13N/c1-2-13-16(14-9-5-3-6-10-14)15-11-7-4-8-12-15/h3-12H,1H3. The van der Waals surface area contributed by atoms with Crippen molar-refractivity contribution in [3.63, 3.8) is 0 Å². The molecule has 0 N–H and O–H groups in total. The van der Waals surface area contributed by atoms with Crippen molar-refractivity contribution in [2.75, 3.05) is 4.90 Å². The van der Waals surface area contributed by atoms with Gasteiger partial charge in [-0.2, -0.15) is 0 Å². The van der Waals surface area contributed by atoms with E-state index < -0.39 is 0 Å². The van der Waals surface area contributed by atoms with E-state index in [0.717, 1.165) is 11.4 Å².